The van der Waals surface area contributed by atoms with E-state index in [0.29, 0.717) is 24.6 Å². The van der Waals surface area contributed by atoms with E-state index in [9.17, 15) is 13.2 Å². The monoisotopic (exact) mass is 402 g/mol. The zero-order valence-corrected chi connectivity index (χ0v) is 17.0. The third-order valence-corrected chi connectivity index (χ3v) is 6.89. The minimum Gasteiger partial charge on any atom is -0.359 e. The average Bonchev–Trinajstić information content (AvgIpc) is 2.74. The topological polar surface area (TPSA) is 82.6 Å². The van der Waals surface area contributed by atoms with E-state index in [1.54, 1.807) is 38.2 Å². The number of carbonyl (C=O) groups is 1. The SMILES string of the molecule is CCN(c1ccccc1)S(=O)(=O)c1ccc(N2CCCC(C(=O)NC)C2)nc1. The minimum absolute atomic E-state index is 0.0327. The van der Waals surface area contributed by atoms with Crippen molar-refractivity contribution in [3.8, 4) is 0 Å². The van der Waals surface area contributed by atoms with Crippen molar-refractivity contribution in [1.82, 2.24) is 10.3 Å². The van der Waals surface area contributed by atoms with Crippen LogP contribution >= 0.6 is 0 Å². The molecule has 1 saturated heterocycles. The molecule has 3 rings (SSSR count). The van der Waals surface area contributed by atoms with Gasteiger partial charge in [0.25, 0.3) is 10.0 Å². The number of hydrogen-bond acceptors (Lipinski definition) is 5. The third kappa shape index (κ3) is 4.11. The van der Waals surface area contributed by atoms with Crippen LogP contribution in [0.2, 0.25) is 0 Å². The number of nitrogens with zero attached hydrogens (tertiary/aromatic N) is 3. The molecule has 1 aromatic heterocycles. The van der Waals surface area contributed by atoms with E-state index in [2.05, 4.69) is 10.3 Å². The quantitative estimate of drug-likeness (QED) is 0.801. The molecule has 2 heterocycles. The number of pyridine rings is 1. The van der Waals surface area contributed by atoms with E-state index in [1.807, 2.05) is 23.1 Å². The van der Waals surface area contributed by atoms with Crippen LogP contribution in [0, 0.1) is 5.92 Å². The van der Waals surface area contributed by atoms with Crippen molar-refractivity contribution in [2.75, 3.05) is 35.9 Å². The highest BCUT2D eigenvalue weighted by molar-refractivity contribution is 7.92. The molecule has 1 atom stereocenters. The molecule has 0 radical (unpaired) electrons. The fraction of sp³-hybridized carbons (Fsp3) is 0.400. The number of sulfonamides is 1. The molecule has 28 heavy (non-hydrogen) atoms. The fourth-order valence-electron chi connectivity index (χ4n) is 3.53. The number of aromatic nitrogens is 1. The van der Waals surface area contributed by atoms with Crippen molar-refractivity contribution in [2.24, 2.45) is 5.92 Å². The van der Waals surface area contributed by atoms with Crippen LogP contribution in [0.5, 0.6) is 0 Å². The summed E-state index contributed by atoms with van der Waals surface area (Å²) in [6.07, 6.45) is 3.16. The van der Waals surface area contributed by atoms with E-state index >= 15 is 0 Å². The van der Waals surface area contributed by atoms with E-state index in [0.717, 1.165) is 19.4 Å². The normalized spacial score (nSPS) is 17.2. The molecule has 1 aromatic carbocycles. The van der Waals surface area contributed by atoms with Crippen LogP contribution in [0.4, 0.5) is 11.5 Å². The van der Waals surface area contributed by atoms with Gasteiger partial charge in [-0.2, -0.15) is 0 Å². The van der Waals surface area contributed by atoms with Crippen LogP contribution in [0.15, 0.2) is 53.6 Å². The minimum atomic E-state index is -3.69. The van der Waals surface area contributed by atoms with Gasteiger partial charge >= 0.3 is 0 Å². The molecular weight excluding hydrogens is 376 g/mol. The average molecular weight is 403 g/mol. The summed E-state index contributed by atoms with van der Waals surface area (Å²) in [7, 11) is -2.05. The lowest BCUT2D eigenvalue weighted by Crippen LogP contribution is -2.42. The van der Waals surface area contributed by atoms with Crippen molar-refractivity contribution in [1.29, 1.82) is 0 Å². The fourth-order valence-corrected chi connectivity index (χ4v) is 4.95. The maximum atomic E-state index is 13.1. The van der Waals surface area contributed by atoms with Gasteiger partial charge in [-0.05, 0) is 44.0 Å². The molecule has 1 N–H and O–H groups in total. The van der Waals surface area contributed by atoms with Gasteiger partial charge in [0.1, 0.15) is 10.7 Å². The van der Waals surface area contributed by atoms with Crippen molar-refractivity contribution >= 4 is 27.4 Å². The lowest BCUT2D eigenvalue weighted by Gasteiger charge is -2.32. The highest BCUT2D eigenvalue weighted by atomic mass is 32.2. The number of hydrogen-bond donors (Lipinski definition) is 1. The van der Waals surface area contributed by atoms with Gasteiger partial charge in [0, 0.05) is 32.9 Å². The van der Waals surface area contributed by atoms with Crippen LogP contribution in [-0.2, 0) is 14.8 Å². The highest BCUT2D eigenvalue weighted by Gasteiger charge is 2.27. The summed E-state index contributed by atoms with van der Waals surface area (Å²) in [4.78, 5) is 18.5. The molecule has 7 nitrogen and oxygen atoms in total. The summed E-state index contributed by atoms with van der Waals surface area (Å²) in [5.74, 6) is 0.651. The van der Waals surface area contributed by atoms with Crippen LogP contribution in [-0.4, -0.2) is 46.0 Å². The maximum Gasteiger partial charge on any atom is 0.265 e. The first-order chi connectivity index (χ1) is 13.5. The standard InChI is InChI=1S/C20H26N4O3S/c1-3-24(17-9-5-4-6-10-17)28(26,27)18-11-12-19(22-14-18)23-13-7-8-16(15-23)20(25)21-2/h4-6,9-12,14,16H,3,7-8,13,15H2,1-2H3,(H,21,25). The zero-order valence-electron chi connectivity index (χ0n) is 16.2. The first-order valence-electron chi connectivity index (χ1n) is 9.47. The Labute approximate surface area is 166 Å². The van der Waals surface area contributed by atoms with E-state index < -0.39 is 10.0 Å². The molecule has 1 amide bonds. The van der Waals surface area contributed by atoms with Crippen molar-refractivity contribution in [3.63, 3.8) is 0 Å². The number of amides is 1. The molecule has 1 aliphatic rings. The number of piperidine rings is 1. The second-order valence-corrected chi connectivity index (χ2v) is 8.62. The summed E-state index contributed by atoms with van der Waals surface area (Å²) in [5.41, 5.74) is 0.624. The number of benzene rings is 1. The largest absolute Gasteiger partial charge is 0.359 e. The molecule has 0 spiro atoms. The Morgan fingerprint density at radius 2 is 2.00 bits per heavy atom. The number of para-hydroxylation sites is 1. The summed E-state index contributed by atoms with van der Waals surface area (Å²) in [5, 5.41) is 2.70. The molecule has 150 valence electrons. The van der Waals surface area contributed by atoms with Gasteiger partial charge in [0.2, 0.25) is 5.91 Å². The van der Waals surface area contributed by atoms with E-state index in [-0.39, 0.29) is 16.7 Å². The van der Waals surface area contributed by atoms with Crippen LogP contribution in [0.25, 0.3) is 0 Å². The summed E-state index contributed by atoms with van der Waals surface area (Å²) in [6.45, 7) is 3.52. The lowest BCUT2D eigenvalue weighted by molar-refractivity contribution is -0.124. The Bertz CT molecular complexity index is 901. The number of anilines is 2. The Morgan fingerprint density at radius 1 is 1.25 bits per heavy atom. The van der Waals surface area contributed by atoms with Crippen molar-refractivity contribution < 1.29 is 13.2 Å². The molecular formula is C20H26N4O3S. The Hall–Kier alpha value is -2.61. The molecule has 1 fully saturated rings. The third-order valence-electron chi connectivity index (χ3n) is 5.00. The van der Waals surface area contributed by atoms with Crippen molar-refractivity contribution in [2.45, 2.75) is 24.7 Å². The first-order valence-corrected chi connectivity index (χ1v) is 10.9. The van der Waals surface area contributed by atoms with Crippen LogP contribution in [0.3, 0.4) is 0 Å². The predicted octanol–water partition coefficient (Wildman–Crippen LogP) is 2.26. The highest BCUT2D eigenvalue weighted by Crippen LogP contribution is 2.26. The summed E-state index contributed by atoms with van der Waals surface area (Å²) in [6, 6.07) is 12.3. The van der Waals surface area contributed by atoms with Gasteiger partial charge in [-0.3, -0.25) is 9.10 Å². The summed E-state index contributed by atoms with van der Waals surface area (Å²) >= 11 is 0. The second kappa shape index (κ2) is 8.60. The number of carbonyl (C=O) groups excluding carboxylic acids is 1. The second-order valence-electron chi connectivity index (χ2n) is 6.76. The van der Waals surface area contributed by atoms with Crippen molar-refractivity contribution in [3.05, 3.63) is 48.7 Å². The maximum absolute atomic E-state index is 13.1. The van der Waals surface area contributed by atoms with Crippen LogP contribution in [0.1, 0.15) is 19.8 Å². The van der Waals surface area contributed by atoms with Gasteiger partial charge in [-0.1, -0.05) is 18.2 Å². The number of rotatable bonds is 6. The molecule has 1 unspecified atom stereocenters. The smallest absolute Gasteiger partial charge is 0.265 e. The first kappa shape index (κ1) is 20.1. The Balaban J connectivity index is 1.80. The lowest BCUT2D eigenvalue weighted by atomic mass is 9.97. The zero-order chi connectivity index (χ0) is 20.1. The Morgan fingerprint density at radius 3 is 2.61 bits per heavy atom. The van der Waals surface area contributed by atoms with Gasteiger partial charge in [-0.25, -0.2) is 13.4 Å². The van der Waals surface area contributed by atoms with E-state index in [1.165, 1.54) is 10.5 Å². The molecule has 8 heteroatoms. The number of nitrogens with one attached hydrogen (secondary N) is 1. The molecule has 0 bridgehead atoms. The van der Waals surface area contributed by atoms with Gasteiger partial charge < -0.3 is 10.2 Å². The van der Waals surface area contributed by atoms with Gasteiger partial charge in [0.05, 0.1) is 11.6 Å². The Kier molecular flexibility index (Phi) is 6.18. The molecule has 0 aliphatic carbocycles. The summed E-state index contributed by atoms with van der Waals surface area (Å²) < 4.78 is 27.5. The molecule has 2 aromatic rings. The molecule has 0 saturated carbocycles. The van der Waals surface area contributed by atoms with Crippen LogP contribution < -0.4 is 14.5 Å². The van der Waals surface area contributed by atoms with Gasteiger partial charge in [0.15, 0.2) is 0 Å². The van der Waals surface area contributed by atoms with E-state index in [4.69, 9.17) is 0 Å². The van der Waals surface area contributed by atoms with Gasteiger partial charge in [-0.15, -0.1) is 0 Å². The molecule has 1 aliphatic heterocycles. The predicted molar refractivity (Wildman–Crippen MR) is 110 cm³/mol.